The fraction of sp³-hybridized carbons (Fsp3) is 0.286. The van der Waals surface area contributed by atoms with E-state index in [9.17, 15) is 4.39 Å². The Morgan fingerprint density at radius 2 is 1.80 bits per heavy atom. The first-order valence-corrected chi connectivity index (χ1v) is 7.18. The lowest BCUT2D eigenvalue weighted by Gasteiger charge is -2.04. The molecule has 0 radical (unpaired) electrons. The minimum Gasteiger partial charge on any atom is -1.00 e. The van der Waals surface area contributed by atoms with E-state index in [1.54, 1.807) is 36.3 Å². The third-order valence-electron chi connectivity index (χ3n) is 2.51. The molecule has 0 unspecified atom stereocenters. The summed E-state index contributed by atoms with van der Waals surface area (Å²) in [6.07, 6.45) is 4.55. The van der Waals surface area contributed by atoms with Gasteiger partial charge in [0.05, 0.1) is 0 Å². The molecule has 0 aliphatic carbocycles. The molecule has 0 fully saturated rings. The molecule has 0 saturated carbocycles. The Balaban J connectivity index is 0.00000200. The van der Waals surface area contributed by atoms with Crippen molar-refractivity contribution < 1.29 is 16.8 Å². The molecular weight excluding hydrogens is 297 g/mol. The maximum Gasteiger partial charge on any atom is 0.187 e. The van der Waals surface area contributed by atoms with Crippen molar-refractivity contribution in [3.63, 3.8) is 0 Å². The number of hydrogen-bond donors (Lipinski definition) is 1. The topological polar surface area (TPSA) is 37.8 Å². The molecule has 1 aromatic heterocycles. The van der Waals surface area contributed by atoms with E-state index in [2.05, 4.69) is 15.3 Å². The summed E-state index contributed by atoms with van der Waals surface area (Å²) in [5.41, 5.74) is 1.10. The summed E-state index contributed by atoms with van der Waals surface area (Å²) < 4.78 is 12.7. The lowest BCUT2D eigenvalue weighted by Crippen LogP contribution is -3.00. The van der Waals surface area contributed by atoms with Gasteiger partial charge in [-0.3, -0.25) is 0 Å². The summed E-state index contributed by atoms with van der Waals surface area (Å²) in [6.45, 7) is 1.70. The van der Waals surface area contributed by atoms with Crippen molar-refractivity contribution in [1.82, 2.24) is 15.3 Å². The number of benzene rings is 1. The Labute approximate surface area is 128 Å². The maximum atomic E-state index is 12.7. The van der Waals surface area contributed by atoms with Gasteiger partial charge in [0.15, 0.2) is 5.16 Å². The van der Waals surface area contributed by atoms with Gasteiger partial charge in [-0.1, -0.05) is 23.9 Å². The average Bonchev–Trinajstić information content (AvgIpc) is 2.46. The highest BCUT2D eigenvalue weighted by molar-refractivity contribution is 7.99. The SMILES string of the molecule is Fc1ccc(CNCCCSc2ncccn2)cc1.[Cl-]. The standard InChI is InChI=1S/C14H16FN3S.ClH/c15-13-5-3-12(4-6-13)11-16-7-2-10-19-14-17-8-1-9-18-14;/h1,3-6,8-9,16H,2,7,10-11H2;1H/p-1. The van der Waals surface area contributed by atoms with Gasteiger partial charge in [-0.2, -0.15) is 0 Å². The Morgan fingerprint density at radius 1 is 1.10 bits per heavy atom. The van der Waals surface area contributed by atoms with E-state index in [4.69, 9.17) is 0 Å². The van der Waals surface area contributed by atoms with Gasteiger partial charge in [0.1, 0.15) is 5.82 Å². The molecule has 2 aromatic rings. The van der Waals surface area contributed by atoms with Crippen LogP contribution in [0.4, 0.5) is 4.39 Å². The van der Waals surface area contributed by atoms with Crippen LogP contribution in [0.2, 0.25) is 0 Å². The Hall–Kier alpha value is -1.17. The third-order valence-corrected chi connectivity index (χ3v) is 3.48. The summed E-state index contributed by atoms with van der Waals surface area (Å²) in [5.74, 6) is 0.795. The average molecular weight is 313 g/mol. The number of aromatic nitrogens is 2. The lowest BCUT2D eigenvalue weighted by molar-refractivity contribution is -0.00000458. The van der Waals surface area contributed by atoms with Crippen molar-refractivity contribution in [2.75, 3.05) is 12.3 Å². The van der Waals surface area contributed by atoms with Crippen LogP contribution in [0, 0.1) is 5.82 Å². The van der Waals surface area contributed by atoms with E-state index >= 15 is 0 Å². The Morgan fingerprint density at radius 3 is 2.50 bits per heavy atom. The second-order valence-electron chi connectivity index (χ2n) is 4.04. The van der Waals surface area contributed by atoms with Gasteiger partial charge >= 0.3 is 0 Å². The van der Waals surface area contributed by atoms with Crippen LogP contribution >= 0.6 is 11.8 Å². The minimum absolute atomic E-state index is 0. The molecule has 108 valence electrons. The Bertz CT molecular complexity index is 482. The van der Waals surface area contributed by atoms with Gasteiger partial charge in [0.2, 0.25) is 0 Å². The molecule has 3 nitrogen and oxygen atoms in total. The molecule has 0 atom stereocenters. The van der Waals surface area contributed by atoms with E-state index in [0.29, 0.717) is 0 Å². The van der Waals surface area contributed by atoms with E-state index in [0.717, 1.165) is 36.0 Å². The van der Waals surface area contributed by atoms with Crippen molar-refractivity contribution in [2.24, 2.45) is 0 Å². The van der Waals surface area contributed by atoms with Crippen LogP contribution in [-0.4, -0.2) is 22.3 Å². The van der Waals surface area contributed by atoms with Gasteiger partial charge in [0, 0.05) is 24.7 Å². The minimum atomic E-state index is -0.192. The first kappa shape index (κ1) is 16.9. The van der Waals surface area contributed by atoms with E-state index < -0.39 is 0 Å². The molecule has 0 aliphatic heterocycles. The smallest absolute Gasteiger partial charge is 0.187 e. The second kappa shape index (κ2) is 9.69. The molecule has 20 heavy (non-hydrogen) atoms. The summed E-state index contributed by atoms with van der Waals surface area (Å²) in [7, 11) is 0. The summed E-state index contributed by atoms with van der Waals surface area (Å²) >= 11 is 1.66. The fourth-order valence-electron chi connectivity index (χ4n) is 1.56. The van der Waals surface area contributed by atoms with Gasteiger partial charge in [0.25, 0.3) is 0 Å². The van der Waals surface area contributed by atoms with Crippen LogP contribution in [-0.2, 0) is 6.54 Å². The van der Waals surface area contributed by atoms with E-state index in [-0.39, 0.29) is 18.2 Å². The third kappa shape index (κ3) is 6.32. The number of rotatable bonds is 7. The number of halogens is 2. The lowest BCUT2D eigenvalue weighted by atomic mass is 10.2. The predicted octanol–water partition coefficient (Wildman–Crippen LogP) is -0.108. The van der Waals surface area contributed by atoms with Crippen LogP contribution in [0.1, 0.15) is 12.0 Å². The van der Waals surface area contributed by atoms with E-state index in [1.807, 2.05) is 6.07 Å². The maximum absolute atomic E-state index is 12.7. The number of thioether (sulfide) groups is 1. The van der Waals surface area contributed by atoms with Crippen LogP contribution in [0.5, 0.6) is 0 Å². The zero-order valence-corrected chi connectivity index (χ0v) is 12.5. The van der Waals surface area contributed by atoms with Gasteiger partial charge < -0.3 is 17.7 Å². The largest absolute Gasteiger partial charge is 1.00 e. The number of nitrogens with zero attached hydrogens (tertiary/aromatic N) is 2. The van der Waals surface area contributed by atoms with Crippen LogP contribution in [0.15, 0.2) is 47.9 Å². The first-order valence-electron chi connectivity index (χ1n) is 6.19. The zero-order chi connectivity index (χ0) is 13.3. The van der Waals surface area contributed by atoms with Crippen LogP contribution < -0.4 is 17.7 Å². The molecule has 1 N–H and O–H groups in total. The van der Waals surface area contributed by atoms with Gasteiger partial charge in [-0.05, 0) is 36.7 Å². The molecule has 0 spiro atoms. The highest BCUT2D eigenvalue weighted by Crippen LogP contribution is 2.11. The second-order valence-corrected chi connectivity index (χ2v) is 5.10. The monoisotopic (exact) mass is 312 g/mol. The van der Waals surface area contributed by atoms with Crippen molar-refractivity contribution in [3.05, 3.63) is 54.1 Å². The molecule has 0 aliphatic rings. The molecule has 0 amide bonds. The molecule has 0 bridgehead atoms. The summed E-state index contributed by atoms with van der Waals surface area (Å²) in [6, 6.07) is 8.39. The molecule has 6 heteroatoms. The normalized spacial score (nSPS) is 10.1. The number of nitrogens with one attached hydrogen (secondary N) is 1. The highest BCUT2D eigenvalue weighted by atomic mass is 35.5. The van der Waals surface area contributed by atoms with Crippen molar-refractivity contribution in [1.29, 1.82) is 0 Å². The predicted molar refractivity (Wildman–Crippen MR) is 75.5 cm³/mol. The fourth-order valence-corrected chi connectivity index (χ4v) is 2.30. The Kier molecular flexibility index (Phi) is 8.18. The molecule has 1 aromatic carbocycles. The highest BCUT2D eigenvalue weighted by Gasteiger charge is 1.96. The molecule has 1 heterocycles. The number of hydrogen-bond acceptors (Lipinski definition) is 4. The zero-order valence-electron chi connectivity index (χ0n) is 10.9. The van der Waals surface area contributed by atoms with Gasteiger partial charge in [-0.15, -0.1) is 0 Å². The van der Waals surface area contributed by atoms with E-state index in [1.165, 1.54) is 12.1 Å². The van der Waals surface area contributed by atoms with Crippen molar-refractivity contribution in [3.8, 4) is 0 Å². The quantitative estimate of drug-likeness (QED) is 0.440. The van der Waals surface area contributed by atoms with Gasteiger partial charge in [-0.25, -0.2) is 14.4 Å². The molecule has 0 saturated heterocycles. The molecule has 2 rings (SSSR count). The van der Waals surface area contributed by atoms with Crippen LogP contribution in [0.25, 0.3) is 0 Å². The summed E-state index contributed by atoms with van der Waals surface area (Å²) in [4.78, 5) is 8.30. The van der Waals surface area contributed by atoms with Crippen LogP contribution in [0.3, 0.4) is 0 Å². The van der Waals surface area contributed by atoms with Crippen molar-refractivity contribution in [2.45, 2.75) is 18.1 Å². The summed E-state index contributed by atoms with van der Waals surface area (Å²) in [5, 5.41) is 4.15. The molecular formula is C14H16ClFN3S-. The first-order chi connectivity index (χ1) is 9.34. The van der Waals surface area contributed by atoms with Crippen molar-refractivity contribution >= 4 is 11.8 Å².